The number of rotatable bonds is 4. The van der Waals surface area contributed by atoms with Gasteiger partial charge in [-0.1, -0.05) is 23.7 Å². The van der Waals surface area contributed by atoms with Gasteiger partial charge in [0.2, 0.25) is 0 Å². The highest BCUT2D eigenvalue weighted by atomic mass is 35.5. The molecule has 0 bridgehead atoms. The van der Waals surface area contributed by atoms with Gasteiger partial charge in [0.05, 0.1) is 11.9 Å². The van der Waals surface area contributed by atoms with Crippen LogP contribution in [0.4, 0.5) is 0 Å². The molecule has 3 heterocycles. The molecule has 3 aromatic rings. The van der Waals surface area contributed by atoms with Crippen molar-refractivity contribution in [2.45, 2.75) is 26.9 Å². The molecule has 27 heavy (non-hydrogen) atoms. The van der Waals surface area contributed by atoms with Crippen LogP contribution >= 0.6 is 22.9 Å². The zero-order chi connectivity index (χ0) is 19.0. The van der Waals surface area contributed by atoms with E-state index in [0.29, 0.717) is 6.54 Å². The summed E-state index contributed by atoms with van der Waals surface area (Å²) < 4.78 is 0. The SMILES string of the molecule is Cc1sc2nc(CN3CCN(Cc4cccc(Cl)c4)CC3)[nH]c(=O)c2c1C. The molecule has 1 saturated heterocycles. The number of hydrogen-bond acceptors (Lipinski definition) is 5. The molecular formula is C20H23ClN4OS. The zero-order valence-electron chi connectivity index (χ0n) is 15.6. The molecule has 1 fully saturated rings. The van der Waals surface area contributed by atoms with Gasteiger partial charge in [0, 0.05) is 42.6 Å². The maximum absolute atomic E-state index is 12.4. The molecule has 1 aliphatic rings. The fourth-order valence-electron chi connectivity index (χ4n) is 3.58. The van der Waals surface area contributed by atoms with Crippen molar-refractivity contribution >= 4 is 33.2 Å². The van der Waals surface area contributed by atoms with Crippen LogP contribution in [-0.2, 0) is 13.1 Å². The van der Waals surface area contributed by atoms with Crippen LogP contribution in [0.25, 0.3) is 10.2 Å². The summed E-state index contributed by atoms with van der Waals surface area (Å²) >= 11 is 7.68. The van der Waals surface area contributed by atoms with Crippen molar-refractivity contribution in [3.63, 3.8) is 0 Å². The largest absolute Gasteiger partial charge is 0.309 e. The molecule has 4 rings (SSSR count). The number of aryl methyl sites for hydroxylation is 2. The third-order valence-corrected chi connectivity index (χ3v) is 6.56. The van der Waals surface area contributed by atoms with Crippen molar-refractivity contribution in [2.75, 3.05) is 26.2 Å². The number of benzene rings is 1. The van der Waals surface area contributed by atoms with Gasteiger partial charge in [-0.15, -0.1) is 11.3 Å². The molecule has 0 aliphatic carbocycles. The lowest BCUT2D eigenvalue weighted by Gasteiger charge is -2.34. The average Bonchev–Trinajstić information content (AvgIpc) is 2.91. The van der Waals surface area contributed by atoms with E-state index in [1.165, 1.54) is 5.56 Å². The van der Waals surface area contributed by atoms with Gasteiger partial charge in [-0.25, -0.2) is 4.98 Å². The van der Waals surface area contributed by atoms with Crippen molar-refractivity contribution in [1.82, 2.24) is 19.8 Å². The fourth-order valence-corrected chi connectivity index (χ4v) is 4.85. The van der Waals surface area contributed by atoms with E-state index in [1.807, 2.05) is 32.0 Å². The predicted molar refractivity (Wildman–Crippen MR) is 112 cm³/mol. The molecule has 1 N–H and O–H groups in total. The second-order valence-corrected chi connectivity index (χ2v) is 8.80. The van der Waals surface area contributed by atoms with Gasteiger partial charge in [-0.3, -0.25) is 14.6 Å². The zero-order valence-corrected chi connectivity index (χ0v) is 17.2. The van der Waals surface area contributed by atoms with E-state index in [0.717, 1.165) is 64.2 Å². The van der Waals surface area contributed by atoms with Crippen molar-refractivity contribution in [2.24, 2.45) is 0 Å². The van der Waals surface area contributed by atoms with Crippen LogP contribution in [0.15, 0.2) is 29.1 Å². The van der Waals surface area contributed by atoms with Gasteiger partial charge in [0.15, 0.2) is 0 Å². The Morgan fingerprint density at radius 3 is 2.56 bits per heavy atom. The van der Waals surface area contributed by atoms with Crippen molar-refractivity contribution in [1.29, 1.82) is 0 Å². The average molecular weight is 403 g/mol. The van der Waals surface area contributed by atoms with Crippen LogP contribution in [0.2, 0.25) is 5.02 Å². The van der Waals surface area contributed by atoms with Crippen LogP contribution < -0.4 is 5.56 Å². The van der Waals surface area contributed by atoms with Gasteiger partial charge in [0.25, 0.3) is 5.56 Å². The van der Waals surface area contributed by atoms with Crippen LogP contribution in [-0.4, -0.2) is 45.9 Å². The summed E-state index contributed by atoms with van der Waals surface area (Å²) in [5.74, 6) is 0.761. The molecule has 0 unspecified atom stereocenters. The second kappa shape index (κ2) is 7.72. The number of nitrogens with zero attached hydrogens (tertiary/aromatic N) is 3. The Balaban J connectivity index is 1.39. The molecule has 0 amide bonds. The highest BCUT2D eigenvalue weighted by Gasteiger charge is 2.19. The number of halogens is 1. The van der Waals surface area contributed by atoms with E-state index >= 15 is 0 Å². The monoisotopic (exact) mass is 402 g/mol. The first-order valence-corrected chi connectivity index (χ1v) is 10.4. The lowest BCUT2D eigenvalue weighted by Crippen LogP contribution is -2.45. The van der Waals surface area contributed by atoms with Gasteiger partial charge < -0.3 is 4.98 Å². The molecule has 1 aromatic carbocycles. The first-order chi connectivity index (χ1) is 13.0. The smallest absolute Gasteiger partial charge is 0.259 e. The van der Waals surface area contributed by atoms with Crippen LogP contribution in [0.1, 0.15) is 21.8 Å². The summed E-state index contributed by atoms with van der Waals surface area (Å²) in [7, 11) is 0. The summed E-state index contributed by atoms with van der Waals surface area (Å²) in [6.07, 6.45) is 0. The predicted octanol–water partition coefficient (Wildman–Crippen LogP) is 3.57. The Hall–Kier alpha value is -1.73. The number of aromatic amines is 1. The van der Waals surface area contributed by atoms with Crippen molar-refractivity contribution in [3.05, 3.63) is 61.5 Å². The van der Waals surface area contributed by atoms with E-state index in [1.54, 1.807) is 11.3 Å². The summed E-state index contributed by atoms with van der Waals surface area (Å²) in [6, 6.07) is 8.06. The Labute approximate surface area is 167 Å². The van der Waals surface area contributed by atoms with Gasteiger partial charge >= 0.3 is 0 Å². The molecule has 0 radical (unpaired) electrons. The summed E-state index contributed by atoms with van der Waals surface area (Å²) in [6.45, 7) is 9.56. The molecule has 0 saturated carbocycles. The molecule has 1 aliphatic heterocycles. The van der Waals surface area contributed by atoms with Crippen LogP contribution in [0, 0.1) is 13.8 Å². The first-order valence-electron chi connectivity index (χ1n) is 9.17. The summed E-state index contributed by atoms with van der Waals surface area (Å²) in [5, 5.41) is 1.53. The fraction of sp³-hybridized carbons (Fsp3) is 0.400. The topological polar surface area (TPSA) is 52.2 Å². The minimum absolute atomic E-state index is 0.0172. The lowest BCUT2D eigenvalue weighted by molar-refractivity contribution is 0.120. The Kier molecular flexibility index (Phi) is 5.32. The van der Waals surface area contributed by atoms with E-state index in [2.05, 4.69) is 20.9 Å². The normalized spacial score (nSPS) is 16.3. The number of hydrogen-bond donors (Lipinski definition) is 1. The van der Waals surface area contributed by atoms with Crippen molar-refractivity contribution < 1.29 is 0 Å². The third-order valence-electron chi connectivity index (χ3n) is 5.22. The Morgan fingerprint density at radius 1 is 1.15 bits per heavy atom. The standard InChI is InChI=1S/C20H23ClN4OS/c1-13-14(2)27-20-18(13)19(26)22-17(23-20)12-25-8-6-24(7-9-25)11-15-4-3-5-16(21)10-15/h3-5,10H,6-9,11-12H2,1-2H3,(H,22,23,26). The first kappa shape index (κ1) is 18.6. The molecule has 142 valence electrons. The molecule has 2 aromatic heterocycles. The summed E-state index contributed by atoms with van der Waals surface area (Å²) in [5.41, 5.74) is 2.28. The van der Waals surface area contributed by atoms with Gasteiger partial charge in [-0.05, 0) is 37.1 Å². The maximum Gasteiger partial charge on any atom is 0.259 e. The number of aromatic nitrogens is 2. The Morgan fingerprint density at radius 2 is 1.85 bits per heavy atom. The van der Waals surface area contributed by atoms with E-state index < -0.39 is 0 Å². The van der Waals surface area contributed by atoms with Gasteiger partial charge in [-0.2, -0.15) is 0 Å². The van der Waals surface area contributed by atoms with Crippen molar-refractivity contribution in [3.8, 4) is 0 Å². The molecule has 0 spiro atoms. The molecule has 5 nitrogen and oxygen atoms in total. The van der Waals surface area contributed by atoms with E-state index in [9.17, 15) is 4.79 Å². The number of nitrogens with one attached hydrogen (secondary N) is 1. The highest BCUT2D eigenvalue weighted by molar-refractivity contribution is 7.18. The Bertz CT molecular complexity index is 1020. The lowest BCUT2D eigenvalue weighted by atomic mass is 10.2. The number of fused-ring (bicyclic) bond motifs is 1. The summed E-state index contributed by atoms with van der Waals surface area (Å²) in [4.78, 5) is 26.9. The quantitative estimate of drug-likeness (QED) is 0.724. The molecule has 7 heteroatoms. The number of piperazine rings is 1. The van der Waals surface area contributed by atoms with Crippen LogP contribution in [0.5, 0.6) is 0 Å². The minimum atomic E-state index is -0.0172. The molecule has 0 atom stereocenters. The van der Waals surface area contributed by atoms with E-state index in [4.69, 9.17) is 16.6 Å². The third kappa shape index (κ3) is 4.09. The maximum atomic E-state index is 12.4. The van der Waals surface area contributed by atoms with Crippen LogP contribution in [0.3, 0.4) is 0 Å². The van der Waals surface area contributed by atoms with Gasteiger partial charge in [0.1, 0.15) is 10.7 Å². The number of H-pyrrole nitrogens is 1. The minimum Gasteiger partial charge on any atom is -0.309 e. The molecular weight excluding hydrogens is 380 g/mol. The second-order valence-electron chi connectivity index (χ2n) is 7.16. The van der Waals surface area contributed by atoms with E-state index in [-0.39, 0.29) is 5.56 Å². The highest BCUT2D eigenvalue weighted by Crippen LogP contribution is 2.25. The number of thiophene rings is 1.